The molecule has 4 heteroatoms. The van der Waals surface area contributed by atoms with Gasteiger partial charge in [0.1, 0.15) is 0 Å². The van der Waals surface area contributed by atoms with E-state index in [1.165, 1.54) is 11.3 Å². The highest BCUT2D eigenvalue weighted by molar-refractivity contribution is 7.15. The molecule has 0 aliphatic rings. The van der Waals surface area contributed by atoms with Crippen LogP contribution in [0.3, 0.4) is 0 Å². The molecule has 0 bridgehead atoms. The van der Waals surface area contributed by atoms with Gasteiger partial charge in [-0.2, -0.15) is 0 Å². The van der Waals surface area contributed by atoms with Crippen molar-refractivity contribution >= 4 is 16.3 Å². The maximum atomic E-state index is 5.62. The van der Waals surface area contributed by atoms with Gasteiger partial charge in [-0.25, -0.2) is 4.98 Å². The first kappa shape index (κ1) is 11.4. The van der Waals surface area contributed by atoms with Crippen LogP contribution >= 0.6 is 11.3 Å². The zero-order valence-corrected chi connectivity index (χ0v) is 11.1. The van der Waals surface area contributed by atoms with Gasteiger partial charge < -0.3 is 5.73 Å². The smallest absolute Gasteiger partial charge is 0.194 e. The first-order chi connectivity index (χ1) is 8.78. The van der Waals surface area contributed by atoms with Crippen molar-refractivity contribution in [2.45, 2.75) is 13.3 Å². The van der Waals surface area contributed by atoms with Gasteiger partial charge in [-0.15, -0.1) is 11.3 Å². The lowest BCUT2D eigenvalue weighted by molar-refractivity contribution is 0.909. The summed E-state index contributed by atoms with van der Waals surface area (Å²) in [5, 5.41) is 2.13. The van der Waals surface area contributed by atoms with Crippen molar-refractivity contribution in [3.8, 4) is 11.3 Å². The van der Waals surface area contributed by atoms with Crippen LogP contribution in [0.2, 0.25) is 0 Å². The topological polar surface area (TPSA) is 43.3 Å². The number of rotatable bonds is 3. The molecule has 0 saturated heterocycles. The highest BCUT2D eigenvalue weighted by atomic mass is 32.1. The van der Waals surface area contributed by atoms with Crippen molar-refractivity contribution in [3.05, 3.63) is 47.1 Å². The van der Waals surface area contributed by atoms with Gasteiger partial charge >= 0.3 is 0 Å². The Morgan fingerprint density at radius 1 is 1.28 bits per heavy atom. The van der Waals surface area contributed by atoms with Gasteiger partial charge in [-0.05, 0) is 13.5 Å². The normalized spacial score (nSPS) is 11.2. The molecule has 2 heterocycles. The fourth-order valence-corrected chi connectivity index (χ4v) is 2.93. The van der Waals surface area contributed by atoms with Crippen LogP contribution in [0.25, 0.3) is 16.2 Å². The van der Waals surface area contributed by atoms with Crippen molar-refractivity contribution in [2.24, 2.45) is 5.73 Å². The summed E-state index contributed by atoms with van der Waals surface area (Å²) in [6.45, 7) is 2.76. The second-order valence-corrected chi connectivity index (χ2v) is 5.25. The Morgan fingerprint density at radius 3 is 2.78 bits per heavy atom. The fraction of sp³-hybridized carbons (Fsp3) is 0.214. The number of thiazole rings is 1. The van der Waals surface area contributed by atoms with Crippen LogP contribution in [0.15, 0.2) is 35.8 Å². The number of benzene rings is 1. The number of aryl methyl sites for hydroxylation is 1. The predicted molar refractivity (Wildman–Crippen MR) is 76.0 cm³/mol. The monoisotopic (exact) mass is 257 g/mol. The molecule has 0 radical (unpaired) electrons. The number of hydrogen-bond acceptors (Lipinski definition) is 3. The van der Waals surface area contributed by atoms with E-state index in [0.29, 0.717) is 6.54 Å². The molecule has 0 spiro atoms. The van der Waals surface area contributed by atoms with E-state index >= 15 is 0 Å². The first-order valence-corrected chi connectivity index (χ1v) is 6.88. The lowest BCUT2D eigenvalue weighted by Crippen LogP contribution is -2.04. The molecule has 3 aromatic rings. The number of hydrogen-bond donors (Lipinski definition) is 1. The molecule has 0 amide bonds. The van der Waals surface area contributed by atoms with Gasteiger partial charge in [0.05, 0.1) is 5.69 Å². The van der Waals surface area contributed by atoms with Crippen LogP contribution < -0.4 is 5.73 Å². The molecule has 0 fully saturated rings. The van der Waals surface area contributed by atoms with Crippen LogP contribution in [0.1, 0.15) is 11.3 Å². The number of nitrogens with zero attached hydrogens (tertiary/aromatic N) is 2. The Hall–Kier alpha value is -1.65. The van der Waals surface area contributed by atoms with Crippen molar-refractivity contribution in [2.75, 3.05) is 6.54 Å². The summed E-state index contributed by atoms with van der Waals surface area (Å²) in [5.74, 6) is 0. The van der Waals surface area contributed by atoms with Crippen LogP contribution in [0.5, 0.6) is 0 Å². The molecular weight excluding hydrogens is 242 g/mol. The fourth-order valence-electron chi connectivity index (χ4n) is 2.02. The zero-order valence-electron chi connectivity index (χ0n) is 10.3. The van der Waals surface area contributed by atoms with E-state index in [-0.39, 0.29) is 0 Å². The van der Waals surface area contributed by atoms with E-state index in [0.717, 1.165) is 22.6 Å². The first-order valence-electron chi connectivity index (χ1n) is 6.00. The quantitative estimate of drug-likeness (QED) is 0.784. The Morgan fingerprint density at radius 2 is 2.06 bits per heavy atom. The average molecular weight is 257 g/mol. The standard InChI is InChI=1S/C14H15N3S/c1-10-2-4-11(5-3-10)13-8-17-12(6-7-15)9-18-14(17)16-13/h2-5,8-9H,6-7,15H2,1H3. The predicted octanol–water partition coefficient (Wildman–Crippen LogP) is 2.87. The van der Waals surface area contributed by atoms with Gasteiger partial charge in [0.2, 0.25) is 0 Å². The number of nitrogens with two attached hydrogens (primary N) is 1. The molecule has 0 saturated carbocycles. The van der Waals surface area contributed by atoms with Gasteiger partial charge in [0.25, 0.3) is 0 Å². The van der Waals surface area contributed by atoms with E-state index < -0.39 is 0 Å². The minimum atomic E-state index is 0.671. The Balaban J connectivity index is 2.05. The van der Waals surface area contributed by atoms with Gasteiger partial charge in [-0.3, -0.25) is 4.40 Å². The van der Waals surface area contributed by atoms with Gasteiger partial charge in [0.15, 0.2) is 4.96 Å². The van der Waals surface area contributed by atoms with Crippen LogP contribution in [0, 0.1) is 6.92 Å². The average Bonchev–Trinajstić information content (AvgIpc) is 2.93. The summed E-state index contributed by atoms with van der Waals surface area (Å²) in [6, 6.07) is 8.46. The molecule has 2 N–H and O–H groups in total. The van der Waals surface area contributed by atoms with Crippen LogP contribution in [0.4, 0.5) is 0 Å². The lowest BCUT2D eigenvalue weighted by atomic mass is 10.1. The summed E-state index contributed by atoms with van der Waals surface area (Å²) in [7, 11) is 0. The van der Waals surface area contributed by atoms with Gasteiger partial charge in [-0.1, -0.05) is 29.8 Å². The zero-order chi connectivity index (χ0) is 12.5. The van der Waals surface area contributed by atoms with Crippen LogP contribution in [-0.2, 0) is 6.42 Å². The summed E-state index contributed by atoms with van der Waals surface area (Å²) in [5.41, 5.74) is 10.3. The van der Waals surface area contributed by atoms with E-state index in [4.69, 9.17) is 5.73 Å². The summed E-state index contributed by atoms with van der Waals surface area (Å²) < 4.78 is 2.15. The van der Waals surface area contributed by atoms with E-state index in [2.05, 4.69) is 52.2 Å². The second-order valence-electron chi connectivity index (χ2n) is 4.41. The van der Waals surface area contributed by atoms with Crippen LogP contribution in [-0.4, -0.2) is 15.9 Å². The third-order valence-corrected chi connectivity index (χ3v) is 3.92. The highest BCUT2D eigenvalue weighted by Crippen LogP contribution is 2.24. The highest BCUT2D eigenvalue weighted by Gasteiger charge is 2.08. The molecule has 2 aromatic heterocycles. The second kappa shape index (κ2) is 4.55. The lowest BCUT2D eigenvalue weighted by Gasteiger charge is -1.97. The maximum absolute atomic E-state index is 5.62. The summed E-state index contributed by atoms with van der Waals surface area (Å²) >= 11 is 1.67. The molecule has 92 valence electrons. The Kier molecular flexibility index (Phi) is 2.89. The number of imidazole rings is 1. The summed E-state index contributed by atoms with van der Waals surface area (Å²) in [4.78, 5) is 5.69. The minimum Gasteiger partial charge on any atom is -0.330 e. The van der Waals surface area contributed by atoms with Crippen molar-refractivity contribution < 1.29 is 0 Å². The minimum absolute atomic E-state index is 0.671. The van der Waals surface area contributed by atoms with E-state index in [9.17, 15) is 0 Å². The third kappa shape index (κ3) is 1.94. The third-order valence-electron chi connectivity index (χ3n) is 3.03. The van der Waals surface area contributed by atoms with Crippen molar-refractivity contribution in [1.82, 2.24) is 9.38 Å². The molecule has 3 rings (SSSR count). The molecular formula is C14H15N3S. The number of aromatic nitrogens is 2. The van der Waals surface area contributed by atoms with E-state index in [1.807, 2.05) is 0 Å². The van der Waals surface area contributed by atoms with Crippen molar-refractivity contribution in [1.29, 1.82) is 0 Å². The summed E-state index contributed by atoms with van der Waals surface area (Å²) in [6.07, 6.45) is 2.99. The maximum Gasteiger partial charge on any atom is 0.194 e. The molecule has 3 nitrogen and oxygen atoms in total. The SMILES string of the molecule is Cc1ccc(-c2cn3c(CCN)csc3n2)cc1. The number of fused-ring (bicyclic) bond motifs is 1. The Bertz CT molecular complexity index is 664. The molecule has 0 aliphatic heterocycles. The van der Waals surface area contributed by atoms with Gasteiger partial charge in [0, 0.05) is 29.3 Å². The molecule has 0 atom stereocenters. The molecule has 0 unspecified atom stereocenters. The molecule has 18 heavy (non-hydrogen) atoms. The largest absolute Gasteiger partial charge is 0.330 e. The molecule has 0 aliphatic carbocycles. The van der Waals surface area contributed by atoms with Crippen molar-refractivity contribution in [3.63, 3.8) is 0 Å². The Labute approximate surface area is 110 Å². The molecule has 1 aromatic carbocycles. The van der Waals surface area contributed by atoms with E-state index in [1.54, 1.807) is 11.3 Å².